The maximum atomic E-state index is 12.6. The van der Waals surface area contributed by atoms with Gasteiger partial charge in [-0.05, 0) is 54.9 Å². The quantitative estimate of drug-likeness (QED) is 0.904. The Morgan fingerprint density at radius 1 is 1.39 bits per heavy atom. The van der Waals surface area contributed by atoms with Crippen LogP contribution in [0.2, 0.25) is 5.02 Å². The van der Waals surface area contributed by atoms with E-state index in [1.807, 2.05) is 5.01 Å². The van der Waals surface area contributed by atoms with Crippen LogP contribution in [0.4, 0.5) is 0 Å². The summed E-state index contributed by atoms with van der Waals surface area (Å²) in [5.74, 6) is 0.419. The van der Waals surface area contributed by atoms with Gasteiger partial charge in [0.25, 0.3) is 5.91 Å². The minimum Gasteiger partial charge on any atom is -0.283 e. The summed E-state index contributed by atoms with van der Waals surface area (Å²) in [6.07, 6.45) is 3.13. The van der Waals surface area contributed by atoms with Crippen LogP contribution in [0.15, 0.2) is 24.3 Å². The van der Waals surface area contributed by atoms with Crippen molar-refractivity contribution in [2.24, 2.45) is 16.7 Å². The topological polar surface area (TPSA) is 56.1 Å². The molecule has 1 aliphatic heterocycles. The lowest BCUT2D eigenvalue weighted by molar-refractivity contribution is 0.0240. The monoisotopic (exact) mass is 329 g/mol. The molecule has 3 fully saturated rings. The molecule has 0 spiro atoms. The molecule has 1 aromatic rings. The van der Waals surface area contributed by atoms with Gasteiger partial charge in [-0.2, -0.15) is 10.3 Å². The van der Waals surface area contributed by atoms with Crippen molar-refractivity contribution in [3.63, 3.8) is 0 Å². The molecule has 1 saturated heterocycles. The van der Waals surface area contributed by atoms with Crippen LogP contribution in [-0.2, 0) is 0 Å². The number of nitrogens with one attached hydrogen (secondary N) is 1. The van der Waals surface area contributed by atoms with E-state index in [9.17, 15) is 10.1 Å². The summed E-state index contributed by atoms with van der Waals surface area (Å²) in [7, 11) is 0. The number of hydrogen-bond donors (Lipinski definition) is 1. The van der Waals surface area contributed by atoms with Crippen molar-refractivity contribution >= 4 is 17.5 Å². The summed E-state index contributed by atoms with van der Waals surface area (Å²) >= 11 is 5.88. The first-order chi connectivity index (χ1) is 10.9. The van der Waals surface area contributed by atoms with Gasteiger partial charge in [0.05, 0.1) is 6.07 Å². The number of amides is 1. The highest BCUT2D eigenvalue weighted by molar-refractivity contribution is 6.30. The van der Waals surface area contributed by atoms with E-state index in [4.69, 9.17) is 11.6 Å². The number of halogens is 1. The van der Waals surface area contributed by atoms with Crippen molar-refractivity contribution < 1.29 is 4.79 Å². The molecule has 2 saturated carbocycles. The van der Waals surface area contributed by atoms with Gasteiger partial charge < -0.3 is 0 Å². The van der Waals surface area contributed by atoms with Crippen LogP contribution in [0.1, 0.15) is 43.5 Å². The van der Waals surface area contributed by atoms with Crippen LogP contribution >= 0.6 is 11.6 Å². The van der Waals surface area contributed by atoms with Gasteiger partial charge in [-0.1, -0.05) is 25.4 Å². The standard InChI is InChI=1S/C18H20ClN3O/c1-16-11-22(21-15(23)12-3-5-14(19)6-4-12)18(10-20)9-13(16)7-8-17(16,18)2/h3-6,13H,7-9,11H2,1-2H3,(H,21,23)/t13-,16-,17+,18-/m1/s1. The highest BCUT2D eigenvalue weighted by Crippen LogP contribution is 2.75. The SMILES string of the molecule is C[C@@]12CC[C@@H]3C[C@]1(C#N)N(NC(=O)c1ccc(Cl)cc1)C[C@]32C. The summed E-state index contributed by atoms with van der Waals surface area (Å²) in [4.78, 5) is 12.6. The van der Waals surface area contributed by atoms with Crippen LogP contribution in [0, 0.1) is 28.1 Å². The molecule has 4 rings (SSSR count). The fraction of sp³-hybridized carbons (Fsp3) is 0.556. The molecule has 0 aromatic heterocycles. The van der Waals surface area contributed by atoms with E-state index in [1.54, 1.807) is 24.3 Å². The number of nitriles is 1. The first kappa shape index (κ1) is 15.0. The van der Waals surface area contributed by atoms with Crippen LogP contribution in [-0.4, -0.2) is 23.0 Å². The minimum absolute atomic E-state index is 0.0489. The molecule has 1 heterocycles. The zero-order chi connectivity index (χ0) is 16.5. The highest BCUT2D eigenvalue weighted by atomic mass is 35.5. The number of piperidine rings is 1. The van der Waals surface area contributed by atoms with Crippen molar-refractivity contribution in [3.05, 3.63) is 34.9 Å². The molecule has 3 aliphatic rings. The fourth-order valence-electron chi connectivity index (χ4n) is 5.43. The molecule has 5 heteroatoms. The Morgan fingerprint density at radius 2 is 2.09 bits per heavy atom. The maximum absolute atomic E-state index is 12.6. The van der Waals surface area contributed by atoms with E-state index in [1.165, 1.54) is 6.42 Å². The molecule has 120 valence electrons. The molecule has 2 aliphatic carbocycles. The van der Waals surface area contributed by atoms with Gasteiger partial charge in [0, 0.05) is 22.5 Å². The number of benzene rings is 1. The molecule has 4 bridgehead atoms. The number of nitrogens with zero attached hydrogens (tertiary/aromatic N) is 2. The molecule has 1 amide bonds. The molecule has 4 atom stereocenters. The summed E-state index contributed by atoms with van der Waals surface area (Å²) in [5, 5.41) is 12.5. The van der Waals surface area contributed by atoms with Crippen molar-refractivity contribution in [2.45, 2.75) is 38.6 Å². The third kappa shape index (κ3) is 1.62. The normalized spacial score (nSPS) is 41.0. The number of carbonyl (C=O) groups excluding carboxylic acids is 1. The lowest BCUT2D eigenvalue weighted by Crippen LogP contribution is -2.59. The van der Waals surface area contributed by atoms with E-state index in [0.717, 1.165) is 19.4 Å². The van der Waals surface area contributed by atoms with Gasteiger partial charge in [-0.15, -0.1) is 0 Å². The molecule has 1 N–H and O–H groups in total. The molecule has 0 unspecified atom stereocenters. The second kappa shape index (κ2) is 4.49. The zero-order valence-corrected chi connectivity index (χ0v) is 14.2. The summed E-state index contributed by atoms with van der Waals surface area (Å²) in [6, 6.07) is 9.40. The minimum atomic E-state index is -0.577. The van der Waals surface area contributed by atoms with Gasteiger partial charge in [0.1, 0.15) is 5.54 Å². The molecule has 4 nitrogen and oxygen atoms in total. The van der Waals surface area contributed by atoms with Crippen LogP contribution in [0.3, 0.4) is 0 Å². The summed E-state index contributed by atoms with van der Waals surface area (Å²) in [5.41, 5.74) is 3.04. The van der Waals surface area contributed by atoms with E-state index in [0.29, 0.717) is 16.5 Å². The second-order valence-corrected chi connectivity index (χ2v) is 8.13. The Balaban J connectivity index is 1.63. The Morgan fingerprint density at radius 3 is 2.70 bits per heavy atom. The van der Waals surface area contributed by atoms with E-state index in [2.05, 4.69) is 25.3 Å². The average molecular weight is 330 g/mol. The largest absolute Gasteiger partial charge is 0.283 e. The Labute approximate surface area is 141 Å². The lowest BCUT2D eigenvalue weighted by Gasteiger charge is -2.42. The predicted molar refractivity (Wildman–Crippen MR) is 87.5 cm³/mol. The molecular formula is C18H20ClN3O. The molecule has 0 radical (unpaired) electrons. The number of hydrazine groups is 1. The van der Waals surface area contributed by atoms with Crippen molar-refractivity contribution in [3.8, 4) is 6.07 Å². The first-order valence-electron chi connectivity index (χ1n) is 8.12. The Hall–Kier alpha value is -1.57. The highest BCUT2D eigenvalue weighted by Gasteiger charge is 2.78. The van der Waals surface area contributed by atoms with Crippen molar-refractivity contribution in [1.82, 2.24) is 10.4 Å². The maximum Gasteiger partial charge on any atom is 0.265 e. The van der Waals surface area contributed by atoms with Crippen molar-refractivity contribution in [1.29, 1.82) is 5.26 Å². The van der Waals surface area contributed by atoms with Gasteiger partial charge >= 0.3 is 0 Å². The number of hydrogen-bond acceptors (Lipinski definition) is 3. The van der Waals surface area contributed by atoms with E-state index in [-0.39, 0.29) is 16.7 Å². The van der Waals surface area contributed by atoms with Gasteiger partial charge in [0.2, 0.25) is 0 Å². The van der Waals surface area contributed by atoms with Gasteiger partial charge in [-0.3, -0.25) is 10.2 Å². The zero-order valence-electron chi connectivity index (χ0n) is 13.4. The average Bonchev–Trinajstić information content (AvgIpc) is 2.96. The molecular weight excluding hydrogens is 310 g/mol. The van der Waals surface area contributed by atoms with E-state index < -0.39 is 5.54 Å². The Bertz CT molecular complexity index is 727. The number of rotatable bonds is 2. The summed E-state index contributed by atoms with van der Waals surface area (Å²) in [6.45, 7) is 5.27. The van der Waals surface area contributed by atoms with Gasteiger partial charge in [0.15, 0.2) is 0 Å². The van der Waals surface area contributed by atoms with Gasteiger partial charge in [-0.25, -0.2) is 0 Å². The number of carbonyl (C=O) groups is 1. The first-order valence-corrected chi connectivity index (χ1v) is 8.50. The van der Waals surface area contributed by atoms with Crippen molar-refractivity contribution in [2.75, 3.05) is 6.54 Å². The third-order valence-corrected chi connectivity index (χ3v) is 7.34. The fourth-order valence-corrected chi connectivity index (χ4v) is 5.56. The second-order valence-electron chi connectivity index (χ2n) is 7.70. The third-order valence-electron chi connectivity index (χ3n) is 7.08. The molecule has 23 heavy (non-hydrogen) atoms. The molecule has 1 aromatic carbocycles. The van der Waals surface area contributed by atoms with E-state index >= 15 is 0 Å². The Kier molecular flexibility index (Phi) is 2.93. The van der Waals surface area contributed by atoms with Crippen LogP contribution < -0.4 is 5.43 Å². The van der Waals surface area contributed by atoms with Crippen LogP contribution in [0.25, 0.3) is 0 Å². The lowest BCUT2D eigenvalue weighted by atomic mass is 9.66. The van der Waals surface area contributed by atoms with Crippen LogP contribution in [0.5, 0.6) is 0 Å². The smallest absolute Gasteiger partial charge is 0.265 e. The summed E-state index contributed by atoms with van der Waals surface area (Å²) < 4.78 is 0. The predicted octanol–water partition coefficient (Wildman–Crippen LogP) is 3.39.